The number of nitrogens with two attached hydrogens (primary N) is 1. The minimum atomic E-state index is 0.728. The van der Waals surface area contributed by atoms with E-state index in [1.165, 1.54) is 5.56 Å². The van der Waals surface area contributed by atoms with Crippen molar-refractivity contribution < 1.29 is 0 Å². The second-order valence-corrected chi connectivity index (χ2v) is 3.52. The third-order valence-electron chi connectivity index (χ3n) is 2.50. The number of rotatable bonds is 2. The predicted octanol–water partition coefficient (Wildman–Crippen LogP) is 2.89. The van der Waals surface area contributed by atoms with E-state index < -0.39 is 0 Å². The van der Waals surface area contributed by atoms with Gasteiger partial charge in [0.25, 0.3) is 0 Å². The van der Waals surface area contributed by atoms with E-state index in [0.29, 0.717) is 0 Å². The van der Waals surface area contributed by atoms with Gasteiger partial charge in [-0.05, 0) is 23.6 Å². The summed E-state index contributed by atoms with van der Waals surface area (Å²) >= 11 is 0. The Labute approximate surface area is 89.8 Å². The molecule has 0 atom stereocenters. The number of nitrogen functional groups attached to an aromatic ring is 1. The molecule has 2 aromatic rings. The quantitative estimate of drug-likeness (QED) is 0.805. The zero-order chi connectivity index (χ0) is 10.7. The molecule has 0 saturated heterocycles. The summed E-state index contributed by atoms with van der Waals surface area (Å²) in [6.45, 7) is 2.15. The minimum Gasteiger partial charge on any atom is -0.397 e. The number of pyridine rings is 1. The molecule has 2 heteroatoms. The number of nitrogens with zero attached hydrogens (tertiary/aromatic N) is 1. The third kappa shape index (κ3) is 1.99. The molecule has 0 saturated carbocycles. The average molecular weight is 198 g/mol. The van der Waals surface area contributed by atoms with Gasteiger partial charge in [0.2, 0.25) is 0 Å². The molecule has 0 radical (unpaired) electrons. The Kier molecular flexibility index (Phi) is 2.68. The first-order valence-corrected chi connectivity index (χ1v) is 5.10. The SMILES string of the molecule is CCc1cccc(-c2ccncc2N)c1. The maximum Gasteiger partial charge on any atom is 0.0580 e. The van der Waals surface area contributed by atoms with Gasteiger partial charge in [0.15, 0.2) is 0 Å². The van der Waals surface area contributed by atoms with Crippen LogP contribution in [0.15, 0.2) is 42.7 Å². The van der Waals surface area contributed by atoms with E-state index >= 15 is 0 Å². The molecular formula is C13H14N2. The first kappa shape index (κ1) is 9.71. The van der Waals surface area contributed by atoms with Crippen LogP contribution in [0.25, 0.3) is 11.1 Å². The van der Waals surface area contributed by atoms with Crippen LogP contribution in [-0.2, 0) is 6.42 Å². The van der Waals surface area contributed by atoms with Crippen molar-refractivity contribution in [2.45, 2.75) is 13.3 Å². The Bertz CT molecular complexity index is 464. The zero-order valence-electron chi connectivity index (χ0n) is 8.77. The molecule has 0 fully saturated rings. The molecule has 1 aromatic heterocycles. The molecular weight excluding hydrogens is 184 g/mol. The van der Waals surface area contributed by atoms with Crippen LogP contribution in [0.2, 0.25) is 0 Å². The number of hydrogen-bond acceptors (Lipinski definition) is 2. The second-order valence-electron chi connectivity index (χ2n) is 3.52. The molecule has 1 heterocycles. The maximum atomic E-state index is 5.88. The van der Waals surface area contributed by atoms with Crippen molar-refractivity contribution >= 4 is 5.69 Å². The fourth-order valence-corrected chi connectivity index (χ4v) is 1.63. The highest BCUT2D eigenvalue weighted by Gasteiger charge is 2.01. The van der Waals surface area contributed by atoms with E-state index in [9.17, 15) is 0 Å². The molecule has 2 nitrogen and oxygen atoms in total. The standard InChI is InChI=1S/C13H14N2/c1-2-10-4-3-5-11(8-10)12-6-7-15-9-13(12)14/h3-9H,2,14H2,1H3. The van der Waals surface area contributed by atoms with Crippen molar-refractivity contribution in [1.29, 1.82) is 0 Å². The lowest BCUT2D eigenvalue weighted by Gasteiger charge is -2.06. The van der Waals surface area contributed by atoms with Crippen LogP contribution in [0.3, 0.4) is 0 Å². The Morgan fingerprint density at radius 3 is 2.87 bits per heavy atom. The lowest BCUT2D eigenvalue weighted by molar-refractivity contribution is 1.14. The van der Waals surface area contributed by atoms with Gasteiger partial charge in [-0.15, -0.1) is 0 Å². The summed E-state index contributed by atoms with van der Waals surface area (Å²) in [7, 11) is 0. The lowest BCUT2D eigenvalue weighted by atomic mass is 10.0. The smallest absolute Gasteiger partial charge is 0.0580 e. The normalized spacial score (nSPS) is 10.2. The van der Waals surface area contributed by atoms with E-state index in [1.54, 1.807) is 12.4 Å². The highest BCUT2D eigenvalue weighted by Crippen LogP contribution is 2.25. The largest absolute Gasteiger partial charge is 0.397 e. The summed E-state index contributed by atoms with van der Waals surface area (Å²) in [5.41, 5.74) is 10.1. The van der Waals surface area contributed by atoms with Crippen molar-refractivity contribution in [3.8, 4) is 11.1 Å². The van der Waals surface area contributed by atoms with E-state index in [2.05, 4.69) is 36.2 Å². The molecule has 2 rings (SSSR count). The van der Waals surface area contributed by atoms with Crippen LogP contribution in [0.4, 0.5) is 5.69 Å². The predicted molar refractivity (Wildman–Crippen MR) is 63.5 cm³/mol. The first-order valence-electron chi connectivity index (χ1n) is 5.10. The van der Waals surface area contributed by atoms with Crippen LogP contribution in [0, 0.1) is 0 Å². The van der Waals surface area contributed by atoms with Gasteiger partial charge in [-0.25, -0.2) is 0 Å². The molecule has 0 aliphatic rings. The van der Waals surface area contributed by atoms with Crippen molar-refractivity contribution in [2.24, 2.45) is 0 Å². The number of aryl methyl sites for hydroxylation is 1. The number of aromatic nitrogens is 1. The number of hydrogen-bond donors (Lipinski definition) is 1. The molecule has 0 spiro atoms. The van der Waals surface area contributed by atoms with Crippen molar-refractivity contribution in [1.82, 2.24) is 4.98 Å². The van der Waals surface area contributed by atoms with Gasteiger partial charge in [0.1, 0.15) is 0 Å². The number of anilines is 1. The highest BCUT2D eigenvalue weighted by atomic mass is 14.7. The molecule has 0 amide bonds. The zero-order valence-corrected chi connectivity index (χ0v) is 8.77. The second kappa shape index (κ2) is 4.13. The molecule has 0 unspecified atom stereocenters. The molecule has 2 N–H and O–H groups in total. The summed E-state index contributed by atoms with van der Waals surface area (Å²) in [6.07, 6.45) is 4.50. The topological polar surface area (TPSA) is 38.9 Å². The Morgan fingerprint density at radius 1 is 1.27 bits per heavy atom. The average Bonchev–Trinajstić information content (AvgIpc) is 2.30. The van der Waals surface area contributed by atoms with Crippen LogP contribution in [0.1, 0.15) is 12.5 Å². The van der Waals surface area contributed by atoms with Gasteiger partial charge in [-0.1, -0.05) is 31.2 Å². The van der Waals surface area contributed by atoms with Gasteiger partial charge < -0.3 is 5.73 Å². The van der Waals surface area contributed by atoms with Crippen LogP contribution in [-0.4, -0.2) is 4.98 Å². The summed E-state index contributed by atoms with van der Waals surface area (Å²) in [4.78, 5) is 3.99. The summed E-state index contributed by atoms with van der Waals surface area (Å²) < 4.78 is 0. The molecule has 0 aliphatic heterocycles. The van der Waals surface area contributed by atoms with Gasteiger partial charge in [0.05, 0.1) is 11.9 Å². The van der Waals surface area contributed by atoms with E-state index in [4.69, 9.17) is 5.73 Å². The van der Waals surface area contributed by atoms with E-state index in [-0.39, 0.29) is 0 Å². The lowest BCUT2D eigenvalue weighted by Crippen LogP contribution is -1.91. The molecule has 15 heavy (non-hydrogen) atoms. The Balaban J connectivity index is 2.49. The van der Waals surface area contributed by atoms with Crippen LogP contribution < -0.4 is 5.73 Å². The summed E-state index contributed by atoms with van der Waals surface area (Å²) in [6, 6.07) is 10.4. The summed E-state index contributed by atoms with van der Waals surface area (Å²) in [5.74, 6) is 0. The minimum absolute atomic E-state index is 0.728. The van der Waals surface area contributed by atoms with Gasteiger partial charge in [-0.3, -0.25) is 4.98 Å². The summed E-state index contributed by atoms with van der Waals surface area (Å²) in [5, 5.41) is 0. The van der Waals surface area contributed by atoms with E-state index in [0.717, 1.165) is 23.2 Å². The number of benzene rings is 1. The van der Waals surface area contributed by atoms with E-state index in [1.807, 2.05) is 6.07 Å². The van der Waals surface area contributed by atoms with Crippen molar-refractivity contribution in [3.05, 3.63) is 48.3 Å². The third-order valence-corrected chi connectivity index (χ3v) is 2.50. The van der Waals surface area contributed by atoms with Crippen LogP contribution >= 0.6 is 0 Å². The molecule has 1 aromatic carbocycles. The van der Waals surface area contributed by atoms with Gasteiger partial charge in [0, 0.05) is 11.8 Å². The van der Waals surface area contributed by atoms with Crippen molar-refractivity contribution in [3.63, 3.8) is 0 Å². The molecule has 0 bridgehead atoms. The fourth-order valence-electron chi connectivity index (χ4n) is 1.63. The monoisotopic (exact) mass is 198 g/mol. The Hall–Kier alpha value is -1.83. The maximum absolute atomic E-state index is 5.88. The highest BCUT2D eigenvalue weighted by molar-refractivity contribution is 5.75. The fraction of sp³-hybridized carbons (Fsp3) is 0.154. The molecule has 0 aliphatic carbocycles. The van der Waals surface area contributed by atoms with Crippen molar-refractivity contribution in [2.75, 3.05) is 5.73 Å². The Morgan fingerprint density at radius 2 is 2.13 bits per heavy atom. The van der Waals surface area contributed by atoms with Crippen LogP contribution in [0.5, 0.6) is 0 Å². The van der Waals surface area contributed by atoms with Gasteiger partial charge >= 0.3 is 0 Å². The first-order chi connectivity index (χ1) is 7.31. The van der Waals surface area contributed by atoms with Gasteiger partial charge in [-0.2, -0.15) is 0 Å². The molecule has 76 valence electrons.